The second kappa shape index (κ2) is 6.28. The summed E-state index contributed by atoms with van der Waals surface area (Å²) in [6.45, 7) is 1.26. The molecule has 23 heavy (non-hydrogen) atoms. The number of hydrogen-bond donors (Lipinski definition) is 0. The van der Waals surface area contributed by atoms with Crippen LogP contribution >= 0.6 is 0 Å². The summed E-state index contributed by atoms with van der Waals surface area (Å²) in [7, 11) is 5.64. The molecule has 122 valence electrons. The SMILES string of the molecule is CN(C)c1ncccc1O[C@@H]1CCN(C(=O)c2ccnn2C)C1. The quantitative estimate of drug-likeness (QED) is 0.847. The van der Waals surface area contributed by atoms with E-state index in [1.54, 1.807) is 30.2 Å². The number of carbonyl (C=O) groups excluding carboxylic acids is 1. The Morgan fingerprint density at radius 1 is 1.35 bits per heavy atom. The van der Waals surface area contributed by atoms with Crippen molar-refractivity contribution < 1.29 is 9.53 Å². The Morgan fingerprint density at radius 2 is 2.17 bits per heavy atom. The maximum absolute atomic E-state index is 12.5. The van der Waals surface area contributed by atoms with Gasteiger partial charge in [0.2, 0.25) is 0 Å². The molecule has 2 aromatic heterocycles. The van der Waals surface area contributed by atoms with Crippen LogP contribution in [0.5, 0.6) is 5.75 Å². The van der Waals surface area contributed by atoms with Crippen molar-refractivity contribution in [2.45, 2.75) is 12.5 Å². The first-order valence-electron chi connectivity index (χ1n) is 7.62. The van der Waals surface area contributed by atoms with Crippen molar-refractivity contribution >= 4 is 11.7 Å². The van der Waals surface area contributed by atoms with Crippen molar-refractivity contribution in [2.75, 3.05) is 32.1 Å². The first-order chi connectivity index (χ1) is 11.1. The van der Waals surface area contributed by atoms with Crippen LogP contribution < -0.4 is 9.64 Å². The molecule has 1 fully saturated rings. The van der Waals surface area contributed by atoms with Gasteiger partial charge in [0.15, 0.2) is 11.6 Å². The van der Waals surface area contributed by atoms with E-state index in [2.05, 4.69) is 10.1 Å². The Labute approximate surface area is 135 Å². The molecule has 7 nitrogen and oxygen atoms in total. The maximum atomic E-state index is 12.5. The number of aryl methyl sites for hydroxylation is 1. The summed E-state index contributed by atoms with van der Waals surface area (Å²) in [6.07, 6.45) is 4.17. The zero-order valence-corrected chi connectivity index (χ0v) is 13.6. The lowest BCUT2D eigenvalue weighted by molar-refractivity contribution is 0.0761. The number of nitrogens with zero attached hydrogens (tertiary/aromatic N) is 5. The third kappa shape index (κ3) is 3.13. The van der Waals surface area contributed by atoms with Crippen LogP contribution in [0.1, 0.15) is 16.9 Å². The van der Waals surface area contributed by atoms with Gasteiger partial charge in [0.05, 0.1) is 6.54 Å². The topological polar surface area (TPSA) is 63.5 Å². The number of hydrogen-bond acceptors (Lipinski definition) is 5. The van der Waals surface area contributed by atoms with E-state index in [0.717, 1.165) is 18.0 Å². The predicted octanol–water partition coefficient (Wildman–Crippen LogP) is 1.17. The van der Waals surface area contributed by atoms with Crippen LogP contribution in [0, 0.1) is 0 Å². The summed E-state index contributed by atoms with van der Waals surface area (Å²) in [4.78, 5) is 20.6. The lowest BCUT2D eigenvalue weighted by Gasteiger charge is -2.20. The van der Waals surface area contributed by atoms with Gasteiger partial charge in [-0.25, -0.2) is 4.98 Å². The number of aromatic nitrogens is 3. The van der Waals surface area contributed by atoms with Gasteiger partial charge in [0.1, 0.15) is 11.8 Å². The maximum Gasteiger partial charge on any atom is 0.272 e. The van der Waals surface area contributed by atoms with Crippen molar-refractivity contribution in [1.29, 1.82) is 0 Å². The number of anilines is 1. The van der Waals surface area contributed by atoms with Crippen molar-refractivity contribution in [1.82, 2.24) is 19.7 Å². The van der Waals surface area contributed by atoms with Crippen LogP contribution in [0.3, 0.4) is 0 Å². The molecule has 2 aromatic rings. The molecule has 1 aliphatic rings. The Kier molecular flexibility index (Phi) is 4.18. The molecule has 0 spiro atoms. The van der Waals surface area contributed by atoms with Gasteiger partial charge in [0.25, 0.3) is 5.91 Å². The lowest BCUT2D eigenvalue weighted by Crippen LogP contribution is -2.32. The van der Waals surface area contributed by atoms with E-state index in [1.807, 2.05) is 36.0 Å². The Hall–Kier alpha value is -2.57. The normalized spacial score (nSPS) is 17.3. The second-order valence-electron chi connectivity index (χ2n) is 5.84. The van der Waals surface area contributed by atoms with Crippen molar-refractivity contribution in [3.63, 3.8) is 0 Å². The number of carbonyl (C=O) groups is 1. The molecule has 0 saturated carbocycles. The summed E-state index contributed by atoms with van der Waals surface area (Å²) in [5, 5.41) is 4.05. The minimum atomic E-state index is -0.0184. The summed E-state index contributed by atoms with van der Waals surface area (Å²) in [6, 6.07) is 5.51. The van der Waals surface area contributed by atoms with E-state index in [9.17, 15) is 4.79 Å². The van der Waals surface area contributed by atoms with Gasteiger partial charge in [-0.3, -0.25) is 9.48 Å². The molecule has 3 heterocycles. The van der Waals surface area contributed by atoms with Crippen LogP contribution in [-0.2, 0) is 7.05 Å². The fourth-order valence-corrected chi connectivity index (χ4v) is 2.74. The summed E-state index contributed by atoms with van der Waals surface area (Å²) < 4.78 is 7.67. The molecule has 0 radical (unpaired) electrons. The molecule has 3 rings (SSSR count). The molecule has 0 aliphatic carbocycles. The van der Waals surface area contributed by atoms with Crippen LogP contribution in [-0.4, -0.2) is 58.9 Å². The van der Waals surface area contributed by atoms with E-state index in [-0.39, 0.29) is 12.0 Å². The minimum absolute atomic E-state index is 0.00452. The summed E-state index contributed by atoms with van der Waals surface area (Å²) >= 11 is 0. The molecular weight excluding hydrogens is 294 g/mol. The van der Waals surface area contributed by atoms with Gasteiger partial charge in [-0.05, 0) is 18.2 Å². The molecule has 0 aromatic carbocycles. The number of pyridine rings is 1. The van der Waals surface area contributed by atoms with Crippen molar-refractivity contribution in [3.8, 4) is 5.75 Å². The Balaban J connectivity index is 1.67. The largest absolute Gasteiger partial charge is 0.485 e. The first kappa shape index (κ1) is 15.3. The average molecular weight is 315 g/mol. The number of amides is 1. The van der Waals surface area contributed by atoms with Gasteiger partial charge >= 0.3 is 0 Å². The molecule has 0 N–H and O–H groups in total. The molecule has 0 unspecified atom stereocenters. The lowest BCUT2D eigenvalue weighted by atomic mass is 10.3. The minimum Gasteiger partial charge on any atom is -0.485 e. The first-order valence-corrected chi connectivity index (χ1v) is 7.62. The van der Waals surface area contributed by atoms with Gasteiger partial charge in [-0.15, -0.1) is 0 Å². The highest BCUT2D eigenvalue weighted by molar-refractivity contribution is 5.92. The van der Waals surface area contributed by atoms with Gasteiger partial charge in [0, 0.05) is 46.5 Å². The third-order valence-corrected chi connectivity index (χ3v) is 3.94. The van der Waals surface area contributed by atoms with Crippen LogP contribution in [0.25, 0.3) is 0 Å². The van der Waals surface area contributed by atoms with Crippen LogP contribution in [0.2, 0.25) is 0 Å². The van der Waals surface area contributed by atoms with E-state index in [0.29, 0.717) is 18.8 Å². The van der Waals surface area contributed by atoms with E-state index >= 15 is 0 Å². The summed E-state index contributed by atoms with van der Waals surface area (Å²) in [5.41, 5.74) is 0.598. The standard InChI is InChI=1S/C16H21N5O2/c1-19(2)15-14(5-4-8-17-15)23-12-7-10-21(11-12)16(22)13-6-9-18-20(13)3/h4-6,8-9,12H,7,10-11H2,1-3H3/t12-/m1/s1. The summed E-state index contributed by atoms with van der Waals surface area (Å²) in [5.74, 6) is 1.54. The van der Waals surface area contributed by atoms with Crippen molar-refractivity contribution in [3.05, 3.63) is 36.3 Å². The number of ether oxygens (including phenoxy) is 1. The Bertz CT molecular complexity index is 697. The fraction of sp³-hybridized carbons (Fsp3) is 0.438. The van der Waals surface area contributed by atoms with E-state index in [1.165, 1.54) is 0 Å². The fourth-order valence-electron chi connectivity index (χ4n) is 2.74. The monoisotopic (exact) mass is 315 g/mol. The highest BCUT2D eigenvalue weighted by atomic mass is 16.5. The van der Waals surface area contributed by atoms with Gasteiger partial charge in [-0.1, -0.05) is 0 Å². The zero-order chi connectivity index (χ0) is 16.4. The smallest absolute Gasteiger partial charge is 0.272 e. The highest BCUT2D eigenvalue weighted by Gasteiger charge is 2.30. The molecule has 1 aliphatic heterocycles. The number of likely N-dealkylation sites (tertiary alicyclic amines) is 1. The molecule has 1 amide bonds. The Morgan fingerprint density at radius 3 is 2.87 bits per heavy atom. The molecule has 1 saturated heterocycles. The third-order valence-electron chi connectivity index (χ3n) is 3.94. The molecule has 1 atom stereocenters. The molecule has 0 bridgehead atoms. The zero-order valence-electron chi connectivity index (χ0n) is 13.6. The molecular formula is C16H21N5O2. The average Bonchev–Trinajstić information content (AvgIpc) is 3.16. The predicted molar refractivity (Wildman–Crippen MR) is 86.7 cm³/mol. The molecule has 7 heteroatoms. The van der Waals surface area contributed by atoms with E-state index in [4.69, 9.17) is 4.74 Å². The van der Waals surface area contributed by atoms with Crippen molar-refractivity contribution in [2.24, 2.45) is 7.05 Å². The highest BCUT2D eigenvalue weighted by Crippen LogP contribution is 2.27. The van der Waals surface area contributed by atoms with Crippen LogP contribution in [0.4, 0.5) is 5.82 Å². The van der Waals surface area contributed by atoms with E-state index < -0.39 is 0 Å². The second-order valence-corrected chi connectivity index (χ2v) is 5.84. The number of rotatable bonds is 4. The van der Waals surface area contributed by atoms with Gasteiger partial charge < -0.3 is 14.5 Å². The van der Waals surface area contributed by atoms with Crippen LogP contribution in [0.15, 0.2) is 30.6 Å². The van der Waals surface area contributed by atoms with Gasteiger partial charge in [-0.2, -0.15) is 5.10 Å².